The van der Waals surface area contributed by atoms with Gasteiger partial charge in [-0.1, -0.05) is 35.3 Å². The lowest BCUT2D eigenvalue weighted by atomic mass is 10.1. The quantitative estimate of drug-likeness (QED) is 0.628. The normalized spacial score (nSPS) is 10.9. The van der Waals surface area contributed by atoms with Crippen LogP contribution in [0.3, 0.4) is 0 Å². The van der Waals surface area contributed by atoms with E-state index in [-0.39, 0.29) is 5.82 Å². The number of benzene rings is 2. The first-order chi connectivity index (χ1) is 11.4. The SMILES string of the molecule is Cc1cccc(Cl)c1Nc1c(-c2ccc(F)cc2Cl)c(C)nn1C. The van der Waals surface area contributed by atoms with Gasteiger partial charge in [-0.15, -0.1) is 0 Å². The Bertz CT molecular complexity index is 899. The molecule has 3 nitrogen and oxygen atoms in total. The first-order valence-corrected chi connectivity index (χ1v) is 8.15. The van der Waals surface area contributed by atoms with Crippen LogP contribution in [0.25, 0.3) is 11.1 Å². The van der Waals surface area contributed by atoms with Crippen LogP contribution in [0, 0.1) is 19.7 Å². The van der Waals surface area contributed by atoms with Crippen LogP contribution in [0.5, 0.6) is 0 Å². The average molecular weight is 364 g/mol. The summed E-state index contributed by atoms with van der Waals surface area (Å²) in [6.07, 6.45) is 0. The predicted octanol–water partition coefficient (Wildman–Crippen LogP) is 5.89. The molecule has 0 bridgehead atoms. The summed E-state index contributed by atoms with van der Waals surface area (Å²) in [6, 6.07) is 10.0. The van der Waals surface area contributed by atoms with Gasteiger partial charge in [0, 0.05) is 18.2 Å². The summed E-state index contributed by atoms with van der Waals surface area (Å²) in [7, 11) is 1.84. The largest absolute Gasteiger partial charge is 0.338 e. The predicted molar refractivity (Wildman–Crippen MR) is 97.8 cm³/mol. The van der Waals surface area contributed by atoms with Crippen molar-refractivity contribution in [3.05, 3.63) is 63.5 Å². The van der Waals surface area contributed by atoms with E-state index in [9.17, 15) is 4.39 Å². The number of halogens is 3. The Kier molecular flexibility index (Phi) is 4.52. The van der Waals surface area contributed by atoms with Crippen molar-refractivity contribution >= 4 is 34.7 Å². The third-order valence-electron chi connectivity index (χ3n) is 3.89. The highest BCUT2D eigenvalue weighted by Gasteiger charge is 2.19. The van der Waals surface area contributed by atoms with Gasteiger partial charge in [0.1, 0.15) is 11.6 Å². The van der Waals surface area contributed by atoms with Crippen LogP contribution in [0.15, 0.2) is 36.4 Å². The van der Waals surface area contributed by atoms with Crippen LogP contribution in [-0.4, -0.2) is 9.78 Å². The van der Waals surface area contributed by atoms with Crippen LogP contribution in [-0.2, 0) is 7.05 Å². The highest BCUT2D eigenvalue weighted by Crippen LogP contribution is 2.39. The Hall–Kier alpha value is -2.04. The standard InChI is InChI=1S/C18H16Cl2FN3/c1-10-5-4-6-14(19)17(10)22-18-16(11(2)23-24(18)3)13-8-7-12(21)9-15(13)20/h4-9,22H,1-3H3. The summed E-state index contributed by atoms with van der Waals surface area (Å²) in [4.78, 5) is 0. The molecule has 1 aromatic heterocycles. The van der Waals surface area contributed by atoms with E-state index >= 15 is 0 Å². The van der Waals surface area contributed by atoms with E-state index < -0.39 is 0 Å². The minimum atomic E-state index is -0.373. The first-order valence-electron chi connectivity index (χ1n) is 7.39. The minimum Gasteiger partial charge on any atom is -0.338 e. The maximum absolute atomic E-state index is 13.4. The van der Waals surface area contributed by atoms with E-state index in [4.69, 9.17) is 23.2 Å². The number of nitrogens with zero attached hydrogens (tertiary/aromatic N) is 2. The van der Waals surface area contributed by atoms with Crippen molar-refractivity contribution in [1.29, 1.82) is 0 Å². The molecule has 0 radical (unpaired) electrons. The van der Waals surface area contributed by atoms with E-state index in [1.54, 1.807) is 10.7 Å². The summed E-state index contributed by atoms with van der Waals surface area (Å²) in [5.74, 6) is 0.374. The Morgan fingerprint density at radius 3 is 2.50 bits per heavy atom. The number of hydrogen-bond donors (Lipinski definition) is 1. The third-order valence-corrected chi connectivity index (χ3v) is 4.52. The zero-order valence-electron chi connectivity index (χ0n) is 13.5. The van der Waals surface area contributed by atoms with Crippen LogP contribution >= 0.6 is 23.2 Å². The number of hydrogen-bond acceptors (Lipinski definition) is 2. The van der Waals surface area contributed by atoms with Crippen molar-refractivity contribution in [2.24, 2.45) is 7.05 Å². The maximum Gasteiger partial charge on any atom is 0.136 e. The fraction of sp³-hybridized carbons (Fsp3) is 0.167. The van der Waals surface area contributed by atoms with Crippen molar-refractivity contribution in [3.8, 4) is 11.1 Å². The molecule has 1 heterocycles. The molecule has 0 aliphatic carbocycles. The zero-order chi connectivity index (χ0) is 17.4. The number of anilines is 2. The summed E-state index contributed by atoms with van der Waals surface area (Å²) >= 11 is 12.6. The van der Waals surface area contributed by atoms with Crippen molar-refractivity contribution in [2.75, 3.05) is 5.32 Å². The molecule has 0 unspecified atom stereocenters. The highest BCUT2D eigenvalue weighted by atomic mass is 35.5. The fourth-order valence-corrected chi connectivity index (χ4v) is 3.26. The molecule has 0 spiro atoms. The molecule has 2 aromatic carbocycles. The average Bonchev–Trinajstić information content (AvgIpc) is 2.77. The smallest absolute Gasteiger partial charge is 0.136 e. The molecule has 24 heavy (non-hydrogen) atoms. The lowest BCUT2D eigenvalue weighted by Gasteiger charge is -2.14. The van der Waals surface area contributed by atoms with Gasteiger partial charge in [-0.05, 0) is 43.7 Å². The molecule has 124 valence electrons. The molecule has 3 aromatic rings. The Labute approximate surface area is 150 Å². The number of rotatable bonds is 3. The second kappa shape index (κ2) is 6.46. The van der Waals surface area contributed by atoms with Gasteiger partial charge < -0.3 is 5.32 Å². The molecule has 0 saturated carbocycles. The molecular weight excluding hydrogens is 348 g/mol. The fourth-order valence-electron chi connectivity index (χ4n) is 2.72. The second-order valence-electron chi connectivity index (χ2n) is 5.61. The van der Waals surface area contributed by atoms with Gasteiger partial charge in [0.25, 0.3) is 0 Å². The summed E-state index contributed by atoms with van der Waals surface area (Å²) in [5.41, 5.74) is 4.15. The molecule has 0 atom stereocenters. The van der Waals surface area contributed by atoms with E-state index in [0.717, 1.165) is 33.9 Å². The van der Waals surface area contributed by atoms with E-state index in [0.29, 0.717) is 10.0 Å². The molecule has 1 N–H and O–H groups in total. The molecule has 0 fully saturated rings. The van der Waals surface area contributed by atoms with Crippen molar-refractivity contribution in [2.45, 2.75) is 13.8 Å². The highest BCUT2D eigenvalue weighted by molar-refractivity contribution is 6.34. The molecular formula is C18H16Cl2FN3. The Balaban J connectivity index is 2.16. The van der Waals surface area contributed by atoms with Gasteiger partial charge in [-0.25, -0.2) is 4.39 Å². The van der Waals surface area contributed by atoms with Gasteiger partial charge in [-0.3, -0.25) is 4.68 Å². The van der Waals surface area contributed by atoms with Gasteiger partial charge in [0.2, 0.25) is 0 Å². The zero-order valence-corrected chi connectivity index (χ0v) is 15.0. The minimum absolute atomic E-state index is 0.338. The van der Waals surface area contributed by atoms with E-state index in [2.05, 4.69) is 10.4 Å². The van der Waals surface area contributed by atoms with Crippen LogP contribution in [0.4, 0.5) is 15.9 Å². The van der Waals surface area contributed by atoms with Gasteiger partial charge >= 0.3 is 0 Å². The van der Waals surface area contributed by atoms with Crippen LogP contribution < -0.4 is 5.32 Å². The molecule has 3 rings (SSSR count). The molecule has 0 saturated heterocycles. The first kappa shape index (κ1) is 16.8. The van der Waals surface area contributed by atoms with E-state index in [1.807, 2.05) is 39.1 Å². The number of aromatic nitrogens is 2. The van der Waals surface area contributed by atoms with Crippen LogP contribution in [0.2, 0.25) is 10.0 Å². The van der Waals surface area contributed by atoms with Crippen LogP contribution in [0.1, 0.15) is 11.3 Å². The number of para-hydroxylation sites is 1. The molecule has 6 heteroatoms. The number of aryl methyl sites for hydroxylation is 3. The summed E-state index contributed by atoms with van der Waals surface area (Å²) < 4.78 is 15.1. The van der Waals surface area contributed by atoms with Gasteiger partial charge in [0.05, 0.1) is 21.4 Å². The van der Waals surface area contributed by atoms with E-state index in [1.165, 1.54) is 12.1 Å². The lowest BCUT2D eigenvalue weighted by molar-refractivity contribution is 0.628. The van der Waals surface area contributed by atoms with Crippen molar-refractivity contribution in [1.82, 2.24) is 9.78 Å². The van der Waals surface area contributed by atoms with Crippen molar-refractivity contribution < 1.29 is 4.39 Å². The lowest BCUT2D eigenvalue weighted by Crippen LogP contribution is -2.02. The molecule has 0 amide bonds. The molecule has 0 aliphatic rings. The summed E-state index contributed by atoms with van der Waals surface area (Å²) in [5, 5.41) is 8.77. The Morgan fingerprint density at radius 2 is 1.83 bits per heavy atom. The Morgan fingerprint density at radius 1 is 1.08 bits per heavy atom. The topological polar surface area (TPSA) is 29.9 Å². The van der Waals surface area contributed by atoms with Gasteiger partial charge in [-0.2, -0.15) is 5.10 Å². The van der Waals surface area contributed by atoms with Gasteiger partial charge in [0.15, 0.2) is 0 Å². The summed E-state index contributed by atoms with van der Waals surface area (Å²) in [6.45, 7) is 3.86. The second-order valence-corrected chi connectivity index (χ2v) is 6.43. The maximum atomic E-state index is 13.4. The third kappa shape index (κ3) is 2.99. The molecule has 0 aliphatic heterocycles. The van der Waals surface area contributed by atoms with Crippen molar-refractivity contribution in [3.63, 3.8) is 0 Å². The monoisotopic (exact) mass is 363 g/mol. The number of nitrogens with one attached hydrogen (secondary N) is 1.